The number of aromatic nitrogens is 3. The van der Waals surface area contributed by atoms with Crippen LogP contribution in [0.3, 0.4) is 0 Å². The van der Waals surface area contributed by atoms with Crippen molar-refractivity contribution in [2.45, 2.75) is 13.0 Å². The molecular formula is C12H10BrN3S2. The molecule has 1 aromatic carbocycles. The molecule has 3 rings (SSSR count). The molecule has 0 aliphatic rings. The van der Waals surface area contributed by atoms with Crippen LogP contribution in [-0.2, 0) is 13.0 Å². The zero-order valence-corrected chi connectivity index (χ0v) is 12.6. The lowest BCUT2D eigenvalue weighted by atomic mass is 10.3. The molecule has 6 heteroatoms. The maximum absolute atomic E-state index is 5.37. The van der Waals surface area contributed by atoms with Gasteiger partial charge in [-0.05, 0) is 30.4 Å². The average Bonchev–Trinajstić information content (AvgIpc) is 2.93. The van der Waals surface area contributed by atoms with Crippen molar-refractivity contribution in [3.63, 3.8) is 0 Å². The zero-order valence-electron chi connectivity index (χ0n) is 9.39. The second kappa shape index (κ2) is 4.95. The Morgan fingerprint density at radius 2 is 2.33 bits per heavy atom. The summed E-state index contributed by atoms with van der Waals surface area (Å²) >= 11 is 10.5. The highest BCUT2D eigenvalue weighted by Gasteiger charge is 2.05. The largest absolute Gasteiger partial charge is 0.331 e. The third-order valence-corrected chi connectivity index (χ3v) is 4.42. The Morgan fingerprint density at radius 3 is 3.11 bits per heavy atom. The molecule has 2 aromatic heterocycles. The Labute approximate surface area is 122 Å². The number of aryl methyl sites for hydroxylation is 2. The standard InChI is InChI=1S/C12H10BrN3S2/c13-8-1-2-10-9(7-8)15-12(17)16(10)5-3-11-14-4-6-18-11/h1-2,4,6-7H,3,5H2,(H,15,17). The molecule has 0 fully saturated rings. The fourth-order valence-electron chi connectivity index (χ4n) is 1.94. The van der Waals surface area contributed by atoms with E-state index >= 15 is 0 Å². The number of thiazole rings is 1. The number of imidazole rings is 1. The second-order valence-electron chi connectivity index (χ2n) is 3.92. The summed E-state index contributed by atoms with van der Waals surface area (Å²) < 4.78 is 3.94. The normalized spacial score (nSPS) is 11.2. The minimum atomic E-state index is 0.764. The van der Waals surface area contributed by atoms with Crippen LogP contribution in [0.1, 0.15) is 5.01 Å². The Balaban J connectivity index is 1.96. The van der Waals surface area contributed by atoms with Crippen LogP contribution in [0, 0.1) is 4.77 Å². The van der Waals surface area contributed by atoms with Crippen molar-refractivity contribution >= 4 is 50.5 Å². The minimum absolute atomic E-state index is 0.764. The average molecular weight is 340 g/mol. The number of hydrogen-bond donors (Lipinski definition) is 1. The van der Waals surface area contributed by atoms with Gasteiger partial charge in [-0.3, -0.25) is 0 Å². The predicted octanol–water partition coefficient (Wildman–Crippen LogP) is 4.16. The van der Waals surface area contributed by atoms with Crippen LogP contribution in [0.4, 0.5) is 0 Å². The molecule has 18 heavy (non-hydrogen) atoms. The van der Waals surface area contributed by atoms with E-state index in [2.05, 4.69) is 36.5 Å². The van der Waals surface area contributed by atoms with Gasteiger partial charge in [-0.1, -0.05) is 15.9 Å². The number of H-pyrrole nitrogens is 1. The van der Waals surface area contributed by atoms with Crippen molar-refractivity contribution in [2.75, 3.05) is 0 Å². The van der Waals surface area contributed by atoms with Crippen molar-refractivity contribution in [3.8, 4) is 0 Å². The summed E-state index contributed by atoms with van der Waals surface area (Å²) in [5, 5.41) is 3.14. The van der Waals surface area contributed by atoms with Crippen molar-refractivity contribution in [1.82, 2.24) is 14.5 Å². The van der Waals surface area contributed by atoms with Gasteiger partial charge in [0.25, 0.3) is 0 Å². The van der Waals surface area contributed by atoms with E-state index in [0.717, 1.165) is 38.3 Å². The number of hydrogen-bond acceptors (Lipinski definition) is 3. The van der Waals surface area contributed by atoms with Gasteiger partial charge in [-0.25, -0.2) is 4.98 Å². The maximum atomic E-state index is 5.37. The molecule has 92 valence electrons. The summed E-state index contributed by atoms with van der Waals surface area (Å²) in [6, 6.07) is 6.16. The van der Waals surface area contributed by atoms with Gasteiger partial charge >= 0.3 is 0 Å². The molecule has 0 radical (unpaired) electrons. The van der Waals surface area contributed by atoms with Crippen LogP contribution in [0.2, 0.25) is 0 Å². The van der Waals surface area contributed by atoms with E-state index in [1.54, 1.807) is 11.3 Å². The van der Waals surface area contributed by atoms with E-state index in [0.29, 0.717) is 0 Å². The number of benzene rings is 1. The van der Waals surface area contributed by atoms with Crippen LogP contribution < -0.4 is 0 Å². The molecule has 0 amide bonds. The monoisotopic (exact) mass is 339 g/mol. The molecule has 0 saturated heterocycles. The lowest BCUT2D eigenvalue weighted by Gasteiger charge is -2.02. The van der Waals surface area contributed by atoms with Crippen LogP contribution in [0.15, 0.2) is 34.2 Å². The first-order valence-corrected chi connectivity index (χ1v) is 7.58. The first kappa shape index (κ1) is 12.1. The van der Waals surface area contributed by atoms with Gasteiger partial charge in [0.2, 0.25) is 0 Å². The first-order valence-electron chi connectivity index (χ1n) is 5.50. The van der Waals surface area contributed by atoms with E-state index < -0.39 is 0 Å². The molecule has 1 N–H and O–H groups in total. The third-order valence-electron chi connectivity index (χ3n) is 2.77. The van der Waals surface area contributed by atoms with Gasteiger partial charge in [-0.2, -0.15) is 0 Å². The van der Waals surface area contributed by atoms with Gasteiger partial charge in [-0.15, -0.1) is 11.3 Å². The van der Waals surface area contributed by atoms with Gasteiger partial charge in [0.1, 0.15) is 0 Å². The van der Waals surface area contributed by atoms with Gasteiger partial charge in [0, 0.05) is 29.0 Å². The Hall–Kier alpha value is -0.980. The molecule has 3 aromatic rings. The summed E-state index contributed by atoms with van der Waals surface area (Å²) in [4.78, 5) is 7.52. The maximum Gasteiger partial charge on any atom is 0.178 e. The number of nitrogens with one attached hydrogen (secondary N) is 1. The summed E-state index contributed by atoms with van der Waals surface area (Å²) in [5.74, 6) is 0. The van der Waals surface area contributed by atoms with Crippen molar-refractivity contribution in [1.29, 1.82) is 0 Å². The number of aromatic amines is 1. The van der Waals surface area contributed by atoms with E-state index in [-0.39, 0.29) is 0 Å². The van der Waals surface area contributed by atoms with Crippen molar-refractivity contribution in [3.05, 3.63) is 44.0 Å². The van der Waals surface area contributed by atoms with E-state index in [1.807, 2.05) is 23.7 Å². The SMILES string of the molecule is S=c1[nH]c2cc(Br)ccc2n1CCc1nccs1. The molecule has 0 aliphatic heterocycles. The highest BCUT2D eigenvalue weighted by Crippen LogP contribution is 2.20. The predicted molar refractivity (Wildman–Crippen MR) is 80.6 cm³/mol. The summed E-state index contributed by atoms with van der Waals surface area (Å²) in [6.45, 7) is 0.855. The quantitative estimate of drug-likeness (QED) is 0.727. The summed E-state index contributed by atoms with van der Waals surface area (Å²) in [5.41, 5.74) is 2.20. The molecule has 0 aliphatic carbocycles. The van der Waals surface area contributed by atoms with E-state index in [9.17, 15) is 0 Å². The highest BCUT2D eigenvalue weighted by molar-refractivity contribution is 9.10. The number of nitrogens with zero attached hydrogens (tertiary/aromatic N) is 2. The smallest absolute Gasteiger partial charge is 0.178 e. The lowest BCUT2D eigenvalue weighted by molar-refractivity contribution is 0.703. The number of fused-ring (bicyclic) bond motifs is 1. The summed E-state index contributed by atoms with van der Waals surface area (Å²) in [7, 11) is 0. The second-order valence-corrected chi connectivity index (χ2v) is 6.20. The highest BCUT2D eigenvalue weighted by atomic mass is 79.9. The van der Waals surface area contributed by atoms with Gasteiger partial charge in [0.05, 0.1) is 16.0 Å². The fourth-order valence-corrected chi connectivity index (χ4v) is 3.21. The number of halogens is 1. The molecule has 0 atom stereocenters. The molecular weight excluding hydrogens is 330 g/mol. The van der Waals surface area contributed by atoms with Gasteiger partial charge < -0.3 is 9.55 Å². The molecule has 0 saturated carbocycles. The van der Waals surface area contributed by atoms with E-state index in [1.165, 1.54) is 0 Å². The van der Waals surface area contributed by atoms with Crippen LogP contribution in [0.25, 0.3) is 11.0 Å². The van der Waals surface area contributed by atoms with Crippen LogP contribution >= 0.6 is 39.5 Å². The minimum Gasteiger partial charge on any atom is -0.331 e. The van der Waals surface area contributed by atoms with Crippen molar-refractivity contribution in [2.24, 2.45) is 0 Å². The fraction of sp³-hybridized carbons (Fsp3) is 0.167. The molecule has 0 unspecified atom stereocenters. The Morgan fingerprint density at radius 1 is 1.44 bits per heavy atom. The van der Waals surface area contributed by atoms with Crippen LogP contribution in [-0.4, -0.2) is 14.5 Å². The topological polar surface area (TPSA) is 33.6 Å². The molecule has 2 heterocycles. The molecule has 0 bridgehead atoms. The zero-order chi connectivity index (χ0) is 12.5. The first-order chi connectivity index (χ1) is 8.74. The Kier molecular flexibility index (Phi) is 3.32. The number of rotatable bonds is 3. The lowest BCUT2D eigenvalue weighted by Crippen LogP contribution is -2.00. The third kappa shape index (κ3) is 2.28. The van der Waals surface area contributed by atoms with E-state index in [4.69, 9.17) is 12.2 Å². The van der Waals surface area contributed by atoms with Crippen molar-refractivity contribution < 1.29 is 0 Å². The molecule has 3 nitrogen and oxygen atoms in total. The van der Waals surface area contributed by atoms with Crippen LogP contribution in [0.5, 0.6) is 0 Å². The van der Waals surface area contributed by atoms with Gasteiger partial charge in [0.15, 0.2) is 4.77 Å². The summed E-state index contributed by atoms with van der Waals surface area (Å²) in [6.07, 6.45) is 2.75. The Bertz CT molecular complexity index is 727. The molecule has 0 spiro atoms.